The van der Waals surface area contributed by atoms with Crippen LogP contribution in [0.3, 0.4) is 0 Å². The van der Waals surface area contributed by atoms with Crippen LogP contribution in [-0.2, 0) is 17.6 Å². The number of aliphatic hydroxyl groups is 1. The van der Waals surface area contributed by atoms with Gasteiger partial charge in [-0.15, -0.1) is 5.10 Å². The lowest BCUT2D eigenvalue weighted by Gasteiger charge is -2.74. The molecule has 6 nitrogen and oxygen atoms in total. The van der Waals surface area contributed by atoms with Crippen LogP contribution < -0.4 is 4.74 Å². The summed E-state index contributed by atoms with van der Waals surface area (Å²) in [4.78, 5) is 0. The Hall–Kier alpha value is -3.01. The molecule has 174 valence electrons. The van der Waals surface area contributed by atoms with Crippen LogP contribution in [0.25, 0.3) is 0 Å². The van der Waals surface area contributed by atoms with Crippen LogP contribution in [-0.4, -0.2) is 37.8 Å². The van der Waals surface area contributed by atoms with E-state index >= 15 is 8.78 Å². The van der Waals surface area contributed by atoms with E-state index < -0.39 is 46.1 Å². The molecule has 3 aliphatic rings. The fraction of sp³-hybridized carbons (Fsp3) is 0.435. The van der Waals surface area contributed by atoms with Crippen LogP contribution in [0.15, 0.2) is 48.8 Å². The molecular formula is C23H22F4N4O2. The molecule has 3 saturated carbocycles. The number of nitrogens with zero attached hydrogens (tertiary/aromatic N) is 4. The predicted octanol–water partition coefficient (Wildman–Crippen LogP) is 4.00. The lowest BCUT2D eigenvalue weighted by molar-refractivity contribution is -0.347. The average Bonchev–Trinajstić information content (AvgIpc) is 3.20. The summed E-state index contributed by atoms with van der Waals surface area (Å²) in [6.45, 7) is 1.62. The second kappa shape index (κ2) is 7.24. The van der Waals surface area contributed by atoms with Crippen molar-refractivity contribution in [1.29, 1.82) is 0 Å². The minimum absolute atomic E-state index is 0.141. The summed E-state index contributed by atoms with van der Waals surface area (Å²) in [5, 5.41) is 21.8. The van der Waals surface area contributed by atoms with E-state index in [1.165, 1.54) is 0 Å². The Morgan fingerprint density at radius 3 is 2.36 bits per heavy atom. The van der Waals surface area contributed by atoms with E-state index in [1.807, 2.05) is 31.2 Å². The molecule has 0 aliphatic heterocycles. The van der Waals surface area contributed by atoms with Crippen molar-refractivity contribution in [2.45, 2.75) is 49.7 Å². The summed E-state index contributed by atoms with van der Waals surface area (Å²) in [6, 6.07) is 9.56. The molecule has 1 heterocycles. The van der Waals surface area contributed by atoms with Crippen molar-refractivity contribution in [2.24, 2.45) is 5.41 Å². The first-order chi connectivity index (χ1) is 15.6. The van der Waals surface area contributed by atoms with Gasteiger partial charge in [0.1, 0.15) is 23.7 Å². The number of tetrazole rings is 1. The van der Waals surface area contributed by atoms with Crippen molar-refractivity contribution in [3.63, 3.8) is 0 Å². The highest BCUT2D eigenvalue weighted by Crippen LogP contribution is 2.80. The average molecular weight is 462 g/mol. The fourth-order valence-electron chi connectivity index (χ4n) is 5.60. The molecule has 6 rings (SSSR count). The van der Waals surface area contributed by atoms with Gasteiger partial charge in [-0.3, -0.25) is 0 Å². The molecule has 1 aromatic heterocycles. The van der Waals surface area contributed by atoms with E-state index in [0.29, 0.717) is 18.4 Å². The molecule has 3 aliphatic carbocycles. The third-order valence-corrected chi connectivity index (χ3v) is 7.15. The summed E-state index contributed by atoms with van der Waals surface area (Å²) >= 11 is 0. The molecule has 0 amide bonds. The maximum Gasteiger partial charge on any atom is 0.287 e. The number of ether oxygens (including phenoxy) is 1. The van der Waals surface area contributed by atoms with Gasteiger partial charge in [0, 0.05) is 17.0 Å². The molecule has 0 saturated heterocycles. The van der Waals surface area contributed by atoms with Crippen LogP contribution in [0.4, 0.5) is 17.6 Å². The van der Waals surface area contributed by atoms with E-state index in [2.05, 4.69) is 15.5 Å². The maximum atomic E-state index is 16.1. The molecule has 2 bridgehead atoms. The van der Waals surface area contributed by atoms with E-state index in [-0.39, 0.29) is 19.3 Å². The molecule has 1 atom stereocenters. The van der Waals surface area contributed by atoms with Crippen molar-refractivity contribution >= 4 is 0 Å². The van der Waals surface area contributed by atoms with Gasteiger partial charge in [-0.2, -0.15) is 0 Å². The number of benzene rings is 2. The first-order valence-corrected chi connectivity index (χ1v) is 10.6. The monoisotopic (exact) mass is 462 g/mol. The molecule has 0 spiro atoms. The number of rotatable bonds is 8. The molecule has 10 heteroatoms. The molecular weight excluding hydrogens is 440 g/mol. The lowest BCUT2D eigenvalue weighted by atomic mass is 9.30. The van der Waals surface area contributed by atoms with E-state index in [4.69, 9.17) is 4.74 Å². The number of hydrogen-bond donors (Lipinski definition) is 1. The van der Waals surface area contributed by atoms with Crippen molar-refractivity contribution in [1.82, 2.24) is 20.2 Å². The first kappa shape index (κ1) is 21.8. The largest absolute Gasteiger partial charge is 0.494 e. The SMILES string of the molecule is CCOc1ccc(C23CC(C(F)(F)C(O)(Cn4cnnn4)c4ccc(F)cc4F)(C2)C3)cc1. The number of hydrogen-bond acceptors (Lipinski definition) is 5. The van der Waals surface area contributed by atoms with Gasteiger partial charge in [0.25, 0.3) is 5.92 Å². The fourth-order valence-corrected chi connectivity index (χ4v) is 5.60. The van der Waals surface area contributed by atoms with Gasteiger partial charge in [0.2, 0.25) is 0 Å². The van der Waals surface area contributed by atoms with E-state index in [0.717, 1.165) is 28.7 Å². The van der Waals surface area contributed by atoms with Crippen LogP contribution in [0.2, 0.25) is 0 Å². The van der Waals surface area contributed by atoms with Crippen LogP contribution in [0.5, 0.6) is 5.75 Å². The van der Waals surface area contributed by atoms with E-state index in [1.54, 1.807) is 0 Å². The summed E-state index contributed by atoms with van der Waals surface area (Å²) in [5.41, 5.74) is -4.67. The second-order valence-electron chi connectivity index (χ2n) is 9.11. The van der Waals surface area contributed by atoms with E-state index in [9.17, 15) is 13.9 Å². The highest BCUT2D eigenvalue weighted by atomic mass is 19.3. The third-order valence-electron chi connectivity index (χ3n) is 7.15. The Bertz CT molecular complexity index is 1150. The molecule has 1 N–H and O–H groups in total. The summed E-state index contributed by atoms with van der Waals surface area (Å²) in [7, 11) is 0. The van der Waals surface area contributed by atoms with Crippen LogP contribution in [0, 0.1) is 17.0 Å². The Kier molecular flexibility index (Phi) is 4.79. The quantitative estimate of drug-likeness (QED) is 0.513. The number of halogens is 4. The lowest BCUT2D eigenvalue weighted by Crippen LogP contribution is -2.76. The van der Waals surface area contributed by atoms with Crippen molar-refractivity contribution in [3.8, 4) is 5.75 Å². The van der Waals surface area contributed by atoms with Crippen LogP contribution >= 0.6 is 0 Å². The van der Waals surface area contributed by atoms with Gasteiger partial charge in [-0.05, 0) is 71.9 Å². The third kappa shape index (κ3) is 3.07. The van der Waals surface area contributed by atoms with Gasteiger partial charge in [0.15, 0.2) is 5.60 Å². The summed E-state index contributed by atoms with van der Waals surface area (Å²) < 4.78 is 66.8. The zero-order valence-electron chi connectivity index (χ0n) is 17.8. The molecule has 33 heavy (non-hydrogen) atoms. The minimum Gasteiger partial charge on any atom is -0.494 e. The van der Waals surface area contributed by atoms with Gasteiger partial charge in [-0.25, -0.2) is 22.2 Å². The smallest absolute Gasteiger partial charge is 0.287 e. The number of alkyl halides is 2. The zero-order chi connectivity index (χ0) is 23.5. The van der Waals surface area contributed by atoms with Crippen molar-refractivity contribution < 1.29 is 27.4 Å². The normalized spacial score (nSPS) is 25.6. The zero-order valence-corrected chi connectivity index (χ0v) is 17.8. The molecule has 0 radical (unpaired) electrons. The highest BCUT2D eigenvalue weighted by molar-refractivity contribution is 5.44. The standard InChI is InChI=1S/C23H22F4N4O2/c1-2-33-17-6-3-15(4-7-17)20-10-21(11-20,12-20)23(26,27)22(32,13-31-14-28-29-30-31)18-8-5-16(24)9-19(18)25/h3-9,14,32H,2,10-13H2,1H3. The topological polar surface area (TPSA) is 73.1 Å². The predicted molar refractivity (Wildman–Crippen MR) is 109 cm³/mol. The summed E-state index contributed by atoms with van der Waals surface area (Å²) in [5.74, 6) is -5.21. The van der Waals surface area contributed by atoms with Gasteiger partial charge in [0.05, 0.1) is 13.2 Å². The molecule has 3 fully saturated rings. The van der Waals surface area contributed by atoms with Crippen molar-refractivity contribution in [3.05, 3.63) is 71.6 Å². The first-order valence-electron chi connectivity index (χ1n) is 10.6. The number of aromatic nitrogens is 4. The Balaban J connectivity index is 1.46. The maximum absolute atomic E-state index is 16.1. The molecule has 2 aromatic carbocycles. The Morgan fingerprint density at radius 1 is 1.09 bits per heavy atom. The van der Waals surface area contributed by atoms with Gasteiger partial charge in [-0.1, -0.05) is 12.1 Å². The molecule has 1 unspecified atom stereocenters. The molecule has 3 aromatic rings. The van der Waals surface area contributed by atoms with Crippen LogP contribution in [0.1, 0.15) is 37.3 Å². The Labute approximate surface area is 187 Å². The summed E-state index contributed by atoms with van der Waals surface area (Å²) in [6.07, 6.45) is 1.48. The van der Waals surface area contributed by atoms with Gasteiger partial charge >= 0.3 is 0 Å². The minimum atomic E-state index is -3.74. The van der Waals surface area contributed by atoms with Crippen molar-refractivity contribution in [2.75, 3.05) is 6.61 Å². The second-order valence-corrected chi connectivity index (χ2v) is 9.11. The highest BCUT2D eigenvalue weighted by Gasteiger charge is 2.82. The Morgan fingerprint density at radius 2 is 1.79 bits per heavy atom. The van der Waals surface area contributed by atoms with Gasteiger partial charge < -0.3 is 9.84 Å².